The van der Waals surface area contributed by atoms with E-state index in [4.69, 9.17) is 10.4 Å². The van der Waals surface area contributed by atoms with Gasteiger partial charge in [0.15, 0.2) is 0 Å². The van der Waals surface area contributed by atoms with Crippen molar-refractivity contribution in [2.24, 2.45) is 5.14 Å². The van der Waals surface area contributed by atoms with Crippen molar-refractivity contribution in [1.82, 2.24) is 0 Å². The Labute approximate surface area is 105 Å². The standard InChI is InChI=1S/C11H11N3O3S/c12-6-8-1-3-9(4-2-8)14-7-10(5-11(14)15)18(13,16)17/h1-4,10H,5,7H2,(H2,13,16,17). The van der Waals surface area contributed by atoms with Crippen molar-refractivity contribution >= 4 is 21.6 Å². The summed E-state index contributed by atoms with van der Waals surface area (Å²) in [7, 11) is -3.70. The number of nitriles is 1. The fourth-order valence-corrected chi connectivity index (χ4v) is 2.59. The van der Waals surface area contributed by atoms with Crippen LogP contribution >= 0.6 is 0 Å². The summed E-state index contributed by atoms with van der Waals surface area (Å²) in [5.41, 5.74) is 1.05. The van der Waals surface area contributed by atoms with Gasteiger partial charge in [0.05, 0.1) is 11.6 Å². The molecule has 2 N–H and O–H groups in total. The zero-order valence-corrected chi connectivity index (χ0v) is 10.2. The highest BCUT2D eigenvalue weighted by atomic mass is 32.2. The van der Waals surface area contributed by atoms with Gasteiger partial charge in [-0.1, -0.05) is 0 Å². The molecule has 0 aliphatic carbocycles. The molecule has 1 aliphatic rings. The Morgan fingerprint density at radius 1 is 1.33 bits per heavy atom. The van der Waals surface area contributed by atoms with Crippen LogP contribution in [0.4, 0.5) is 5.69 Å². The van der Waals surface area contributed by atoms with Gasteiger partial charge >= 0.3 is 0 Å². The van der Waals surface area contributed by atoms with Crippen molar-refractivity contribution in [3.05, 3.63) is 29.8 Å². The quantitative estimate of drug-likeness (QED) is 0.809. The Bertz CT molecular complexity index is 616. The molecular formula is C11H11N3O3S. The minimum atomic E-state index is -3.70. The SMILES string of the molecule is N#Cc1ccc(N2CC(S(N)(=O)=O)CC2=O)cc1. The summed E-state index contributed by atoms with van der Waals surface area (Å²) in [5, 5.41) is 12.8. The number of sulfonamides is 1. The van der Waals surface area contributed by atoms with Gasteiger partial charge in [-0.25, -0.2) is 13.6 Å². The molecule has 0 radical (unpaired) electrons. The maximum Gasteiger partial charge on any atom is 0.228 e. The van der Waals surface area contributed by atoms with E-state index in [1.54, 1.807) is 24.3 Å². The lowest BCUT2D eigenvalue weighted by Gasteiger charge is -2.16. The Balaban J connectivity index is 2.25. The first kappa shape index (κ1) is 12.5. The molecule has 0 spiro atoms. The zero-order chi connectivity index (χ0) is 13.3. The smallest absolute Gasteiger partial charge is 0.228 e. The Morgan fingerprint density at radius 3 is 2.39 bits per heavy atom. The van der Waals surface area contributed by atoms with E-state index < -0.39 is 15.3 Å². The van der Waals surface area contributed by atoms with E-state index in [0.29, 0.717) is 11.3 Å². The summed E-state index contributed by atoms with van der Waals surface area (Å²) >= 11 is 0. The largest absolute Gasteiger partial charge is 0.311 e. The molecule has 0 saturated carbocycles. The van der Waals surface area contributed by atoms with Gasteiger partial charge in [0.1, 0.15) is 5.25 Å². The third-order valence-corrected chi connectivity index (χ3v) is 4.11. The molecule has 7 heteroatoms. The van der Waals surface area contributed by atoms with Gasteiger partial charge in [-0.3, -0.25) is 4.79 Å². The molecule has 1 unspecified atom stereocenters. The first-order valence-corrected chi connectivity index (χ1v) is 6.85. The van der Waals surface area contributed by atoms with Gasteiger partial charge in [-0.2, -0.15) is 5.26 Å². The molecule has 0 aromatic heterocycles. The van der Waals surface area contributed by atoms with Crippen molar-refractivity contribution in [3.63, 3.8) is 0 Å². The minimum absolute atomic E-state index is 0.0591. The molecule has 94 valence electrons. The highest BCUT2D eigenvalue weighted by molar-refractivity contribution is 7.89. The van der Waals surface area contributed by atoms with Crippen LogP contribution in [0.5, 0.6) is 0 Å². The number of anilines is 1. The van der Waals surface area contributed by atoms with Crippen molar-refractivity contribution in [2.75, 3.05) is 11.4 Å². The molecule has 6 nitrogen and oxygen atoms in total. The van der Waals surface area contributed by atoms with Gasteiger partial charge in [0, 0.05) is 18.7 Å². The highest BCUT2D eigenvalue weighted by Gasteiger charge is 2.37. The first-order valence-electron chi connectivity index (χ1n) is 5.24. The molecule has 1 aromatic rings. The summed E-state index contributed by atoms with van der Waals surface area (Å²) in [6, 6.07) is 8.35. The monoisotopic (exact) mass is 265 g/mol. The fourth-order valence-electron chi connectivity index (χ4n) is 1.86. The Hall–Kier alpha value is -1.91. The highest BCUT2D eigenvalue weighted by Crippen LogP contribution is 2.24. The number of rotatable bonds is 2. The average molecular weight is 265 g/mol. The van der Waals surface area contributed by atoms with Crippen LogP contribution in [-0.2, 0) is 14.8 Å². The number of primary sulfonamides is 1. The molecule has 1 amide bonds. The summed E-state index contributed by atoms with van der Waals surface area (Å²) in [4.78, 5) is 13.1. The van der Waals surface area contributed by atoms with Gasteiger partial charge in [-0.05, 0) is 24.3 Å². The van der Waals surface area contributed by atoms with E-state index in [-0.39, 0.29) is 18.9 Å². The number of carbonyl (C=O) groups excluding carboxylic acids is 1. The van der Waals surface area contributed by atoms with Crippen molar-refractivity contribution in [1.29, 1.82) is 5.26 Å². The average Bonchev–Trinajstić information content (AvgIpc) is 2.71. The van der Waals surface area contributed by atoms with E-state index in [1.165, 1.54) is 4.90 Å². The first-order chi connectivity index (χ1) is 8.41. The second-order valence-corrected chi connectivity index (χ2v) is 5.92. The van der Waals surface area contributed by atoms with E-state index in [0.717, 1.165) is 0 Å². The van der Waals surface area contributed by atoms with Gasteiger partial charge in [0.2, 0.25) is 15.9 Å². The van der Waals surface area contributed by atoms with E-state index >= 15 is 0 Å². The summed E-state index contributed by atoms with van der Waals surface area (Å²) < 4.78 is 22.4. The number of hydrogen-bond donors (Lipinski definition) is 1. The minimum Gasteiger partial charge on any atom is -0.311 e. The lowest BCUT2D eigenvalue weighted by molar-refractivity contribution is -0.117. The molecule has 1 fully saturated rings. The molecule has 2 rings (SSSR count). The van der Waals surface area contributed by atoms with E-state index in [2.05, 4.69) is 0 Å². The normalized spacial score (nSPS) is 19.9. The van der Waals surface area contributed by atoms with Crippen LogP contribution in [0.1, 0.15) is 12.0 Å². The third-order valence-electron chi connectivity index (χ3n) is 2.86. The molecule has 1 atom stereocenters. The van der Waals surface area contributed by atoms with Crippen LogP contribution in [0.3, 0.4) is 0 Å². The maximum absolute atomic E-state index is 11.7. The lowest BCUT2D eigenvalue weighted by atomic mass is 10.2. The van der Waals surface area contributed by atoms with Crippen molar-refractivity contribution in [2.45, 2.75) is 11.7 Å². The number of amides is 1. The predicted octanol–water partition coefficient (Wildman–Crippen LogP) is -0.0479. The second-order valence-electron chi connectivity index (χ2n) is 4.08. The van der Waals surface area contributed by atoms with Crippen molar-refractivity contribution in [3.8, 4) is 6.07 Å². The molecule has 1 saturated heterocycles. The zero-order valence-electron chi connectivity index (χ0n) is 9.41. The topological polar surface area (TPSA) is 104 Å². The summed E-state index contributed by atoms with van der Waals surface area (Å²) in [5.74, 6) is -0.279. The van der Waals surface area contributed by atoms with Crippen LogP contribution in [0, 0.1) is 11.3 Å². The fraction of sp³-hybridized carbons (Fsp3) is 0.273. The molecule has 1 aliphatic heterocycles. The number of carbonyl (C=O) groups is 1. The third kappa shape index (κ3) is 2.34. The van der Waals surface area contributed by atoms with Crippen LogP contribution in [0.15, 0.2) is 24.3 Å². The second kappa shape index (κ2) is 4.40. The summed E-state index contributed by atoms with van der Waals surface area (Å²) in [6.45, 7) is 0.0591. The number of nitrogens with zero attached hydrogens (tertiary/aromatic N) is 2. The summed E-state index contributed by atoms with van der Waals surface area (Å²) in [6.07, 6.45) is -0.0984. The number of nitrogens with two attached hydrogens (primary N) is 1. The van der Waals surface area contributed by atoms with E-state index in [9.17, 15) is 13.2 Å². The molecule has 1 heterocycles. The number of hydrogen-bond acceptors (Lipinski definition) is 4. The number of benzene rings is 1. The van der Waals surface area contributed by atoms with Crippen LogP contribution in [0.2, 0.25) is 0 Å². The Morgan fingerprint density at radius 2 is 1.94 bits per heavy atom. The van der Waals surface area contributed by atoms with Crippen molar-refractivity contribution < 1.29 is 13.2 Å². The lowest BCUT2D eigenvalue weighted by Crippen LogP contribution is -2.32. The molecular weight excluding hydrogens is 254 g/mol. The molecule has 18 heavy (non-hydrogen) atoms. The molecule has 1 aromatic carbocycles. The van der Waals surface area contributed by atoms with Crippen LogP contribution < -0.4 is 10.0 Å². The van der Waals surface area contributed by atoms with Crippen LogP contribution in [-0.4, -0.2) is 26.1 Å². The predicted molar refractivity (Wildman–Crippen MR) is 65.0 cm³/mol. The maximum atomic E-state index is 11.7. The molecule has 0 bridgehead atoms. The van der Waals surface area contributed by atoms with Crippen LogP contribution in [0.25, 0.3) is 0 Å². The van der Waals surface area contributed by atoms with Gasteiger partial charge < -0.3 is 4.90 Å². The van der Waals surface area contributed by atoms with Gasteiger partial charge in [0.25, 0.3) is 0 Å². The van der Waals surface area contributed by atoms with E-state index in [1.807, 2.05) is 6.07 Å². The Kier molecular flexibility index (Phi) is 3.07. The van der Waals surface area contributed by atoms with Gasteiger partial charge in [-0.15, -0.1) is 0 Å².